The highest BCUT2D eigenvalue weighted by Crippen LogP contribution is 2.28. The Morgan fingerprint density at radius 1 is 1.04 bits per heavy atom. The van der Waals surface area contributed by atoms with Gasteiger partial charge in [0.05, 0.1) is 12.3 Å². The molecule has 0 aromatic heterocycles. The molecule has 0 aliphatic rings. The molecule has 0 radical (unpaired) electrons. The fourth-order valence-corrected chi connectivity index (χ4v) is 3.01. The predicted octanol–water partition coefficient (Wildman–Crippen LogP) is 5.64. The van der Waals surface area contributed by atoms with E-state index in [4.69, 9.17) is 14.3 Å². The van der Waals surface area contributed by atoms with Crippen LogP contribution in [-0.2, 0) is 11.3 Å². The third-order valence-electron chi connectivity index (χ3n) is 4.47. The molecular weight excluding hydrogens is 350 g/mol. The van der Waals surface area contributed by atoms with Crippen LogP contribution < -0.4 is 9.47 Å². The molecule has 0 amide bonds. The average Bonchev–Trinajstić information content (AvgIpc) is 2.67. The molecule has 0 fully saturated rings. The molecule has 0 spiro atoms. The largest absolute Gasteiger partial charge is 0.493 e. The zero-order valence-electron chi connectivity index (χ0n) is 17.6. The van der Waals surface area contributed by atoms with E-state index in [0.29, 0.717) is 13.2 Å². The molecule has 2 rings (SSSR count). The van der Waals surface area contributed by atoms with Crippen molar-refractivity contribution >= 4 is 5.71 Å². The molecule has 0 unspecified atom stereocenters. The Labute approximate surface area is 168 Å². The van der Waals surface area contributed by atoms with Crippen molar-refractivity contribution < 1.29 is 14.3 Å². The van der Waals surface area contributed by atoms with Gasteiger partial charge in [-0.3, -0.25) is 0 Å². The molecule has 2 aromatic carbocycles. The van der Waals surface area contributed by atoms with Gasteiger partial charge >= 0.3 is 0 Å². The van der Waals surface area contributed by atoms with Gasteiger partial charge in [0.1, 0.15) is 25.2 Å². The molecule has 0 aliphatic heterocycles. The molecule has 0 saturated heterocycles. The van der Waals surface area contributed by atoms with Crippen LogP contribution in [0.1, 0.15) is 42.5 Å². The summed E-state index contributed by atoms with van der Waals surface area (Å²) in [6.45, 7) is 9.33. The molecule has 0 aliphatic carbocycles. The lowest BCUT2D eigenvalue weighted by atomic mass is 10.1. The van der Waals surface area contributed by atoms with Gasteiger partial charge in [-0.1, -0.05) is 41.6 Å². The van der Waals surface area contributed by atoms with E-state index in [2.05, 4.69) is 43.3 Å². The molecule has 0 saturated carbocycles. The third-order valence-corrected chi connectivity index (χ3v) is 4.47. The first kappa shape index (κ1) is 21.5. The van der Waals surface area contributed by atoms with Crippen molar-refractivity contribution in [1.82, 2.24) is 0 Å². The Morgan fingerprint density at radius 2 is 1.71 bits per heavy atom. The summed E-state index contributed by atoms with van der Waals surface area (Å²) >= 11 is 0. The van der Waals surface area contributed by atoms with Crippen LogP contribution in [0.5, 0.6) is 11.5 Å². The minimum Gasteiger partial charge on any atom is -0.493 e. The van der Waals surface area contributed by atoms with Crippen LogP contribution in [0.2, 0.25) is 0 Å². The maximum atomic E-state index is 6.06. The fourth-order valence-electron chi connectivity index (χ4n) is 3.01. The van der Waals surface area contributed by atoms with Crippen molar-refractivity contribution in [2.45, 2.75) is 40.5 Å². The summed E-state index contributed by atoms with van der Waals surface area (Å²) < 4.78 is 11.8. The summed E-state index contributed by atoms with van der Waals surface area (Å²) in [5.74, 6) is 1.84. The van der Waals surface area contributed by atoms with Crippen molar-refractivity contribution in [3.63, 3.8) is 0 Å². The summed E-state index contributed by atoms with van der Waals surface area (Å²) in [4.78, 5) is 4.82. The van der Waals surface area contributed by atoms with E-state index < -0.39 is 0 Å². The summed E-state index contributed by atoms with van der Waals surface area (Å²) in [7, 11) is 1.56. The van der Waals surface area contributed by atoms with Gasteiger partial charge < -0.3 is 14.3 Å². The highest BCUT2D eigenvalue weighted by molar-refractivity contribution is 5.98. The molecule has 0 N–H and O–H groups in total. The maximum Gasteiger partial charge on any atom is 0.125 e. The quantitative estimate of drug-likeness (QED) is 0.231. The van der Waals surface area contributed by atoms with Crippen LogP contribution in [0.15, 0.2) is 53.7 Å². The van der Waals surface area contributed by atoms with Crippen molar-refractivity contribution in [3.8, 4) is 11.5 Å². The maximum absolute atomic E-state index is 6.06. The zero-order chi connectivity index (χ0) is 20.4. The monoisotopic (exact) mass is 381 g/mol. The highest BCUT2D eigenvalue weighted by Gasteiger charge is 2.07. The van der Waals surface area contributed by atoms with Crippen LogP contribution >= 0.6 is 0 Å². The number of rotatable bonds is 10. The van der Waals surface area contributed by atoms with Gasteiger partial charge in [-0.05, 0) is 74.9 Å². The van der Waals surface area contributed by atoms with Gasteiger partial charge in [0.2, 0.25) is 0 Å². The van der Waals surface area contributed by atoms with E-state index in [1.165, 1.54) is 5.56 Å². The smallest absolute Gasteiger partial charge is 0.125 e. The number of allylic oxidation sites excluding steroid dienone is 1. The first-order valence-electron chi connectivity index (χ1n) is 9.70. The molecule has 28 heavy (non-hydrogen) atoms. The van der Waals surface area contributed by atoms with E-state index >= 15 is 0 Å². The van der Waals surface area contributed by atoms with Crippen LogP contribution in [0.3, 0.4) is 0 Å². The second kappa shape index (κ2) is 11.2. The molecule has 4 heteroatoms. The number of hydrogen-bond acceptors (Lipinski definition) is 4. The number of oxime groups is 1. The molecule has 0 bridgehead atoms. The Morgan fingerprint density at radius 3 is 2.32 bits per heavy atom. The minimum absolute atomic E-state index is 0.589. The Kier molecular flexibility index (Phi) is 8.60. The highest BCUT2D eigenvalue weighted by atomic mass is 16.6. The number of aryl methyl sites for hydroxylation is 3. The van der Waals surface area contributed by atoms with Gasteiger partial charge in [0.15, 0.2) is 0 Å². The Hall–Kier alpha value is -2.75. The lowest BCUT2D eigenvalue weighted by molar-refractivity contribution is 0.213. The lowest BCUT2D eigenvalue weighted by Crippen LogP contribution is -2.03. The van der Waals surface area contributed by atoms with E-state index in [0.717, 1.165) is 46.7 Å². The van der Waals surface area contributed by atoms with Crippen LogP contribution in [0.4, 0.5) is 0 Å². The predicted molar refractivity (Wildman–Crippen MR) is 116 cm³/mol. The van der Waals surface area contributed by atoms with Crippen molar-refractivity contribution in [3.05, 3.63) is 70.8 Å². The van der Waals surface area contributed by atoms with E-state index in [1.807, 2.05) is 38.1 Å². The number of nitrogens with zero attached hydrogens (tertiary/aromatic N) is 1. The first-order chi connectivity index (χ1) is 13.5. The molecular formula is C24H31NO3. The van der Waals surface area contributed by atoms with E-state index in [9.17, 15) is 0 Å². The molecule has 2 aromatic rings. The molecule has 4 nitrogen and oxygen atoms in total. The molecule has 150 valence electrons. The van der Waals surface area contributed by atoms with Crippen LogP contribution in [0.25, 0.3) is 0 Å². The van der Waals surface area contributed by atoms with Gasteiger partial charge in [0, 0.05) is 0 Å². The van der Waals surface area contributed by atoms with E-state index in [1.54, 1.807) is 7.11 Å². The van der Waals surface area contributed by atoms with Crippen LogP contribution in [0, 0.1) is 13.8 Å². The van der Waals surface area contributed by atoms with Gasteiger partial charge in [-0.2, -0.15) is 0 Å². The zero-order valence-corrected chi connectivity index (χ0v) is 17.6. The average molecular weight is 382 g/mol. The Bertz CT molecular complexity index is 784. The summed E-state index contributed by atoms with van der Waals surface area (Å²) in [6.07, 6.45) is 5.92. The third kappa shape index (κ3) is 6.45. The standard InChI is InChI=1S/C24H31NO3/c1-6-7-14-27-23-16-18(2)24(19(3)17-23)28-15-8-9-21-10-12-22(13-11-21)20(4)25-26-5/h6-7,10-13,16-17H,8-9,14-15H2,1-5H3/b7-6+,25-20-. The van der Waals surface area contributed by atoms with Crippen molar-refractivity contribution in [1.29, 1.82) is 0 Å². The second-order valence-electron chi connectivity index (χ2n) is 6.77. The number of hydrogen-bond donors (Lipinski definition) is 0. The topological polar surface area (TPSA) is 40.0 Å². The first-order valence-corrected chi connectivity index (χ1v) is 9.70. The lowest BCUT2D eigenvalue weighted by Gasteiger charge is -2.14. The fraction of sp³-hybridized carbons (Fsp3) is 0.375. The molecule has 0 heterocycles. The Balaban J connectivity index is 1.85. The second-order valence-corrected chi connectivity index (χ2v) is 6.77. The van der Waals surface area contributed by atoms with Crippen LogP contribution in [-0.4, -0.2) is 26.0 Å². The summed E-state index contributed by atoms with van der Waals surface area (Å²) in [5.41, 5.74) is 5.45. The van der Waals surface area contributed by atoms with E-state index in [-0.39, 0.29) is 0 Å². The summed E-state index contributed by atoms with van der Waals surface area (Å²) in [6, 6.07) is 12.5. The van der Waals surface area contributed by atoms with Gasteiger partial charge in [0.25, 0.3) is 0 Å². The minimum atomic E-state index is 0.589. The SMILES string of the molecule is C/C=C/COc1cc(C)c(OCCCc2ccc(/C(C)=N\OC)cc2)c(C)c1. The normalized spacial score (nSPS) is 11.7. The van der Waals surface area contributed by atoms with Crippen molar-refractivity contribution in [2.24, 2.45) is 5.16 Å². The molecule has 0 atom stereocenters. The van der Waals surface area contributed by atoms with Gasteiger partial charge in [-0.25, -0.2) is 0 Å². The number of ether oxygens (including phenoxy) is 2. The number of benzene rings is 2. The van der Waals surface area contributed by atoms with Crippen molar-refractivity contribution in [2.75, 3.05) is 20.3 Å². The summed E-state index contributed by atoms with van der Waals surface area (Å²) in [5, 5.41) is 3.96. The van der Waals surface area contributed by atoms with Gasteiger partial charge in [-0.15, -0.1) is 0 Å².